The first kappa shape index (κ1) is 17.9. The Labute approximate surface area is 151 Å². The van der Waals surface area contributed by atoms with Crippen molar-refractivity contribution in [3.8, 4) is 0 Å². The van der Waals surface area contributed by atoms with E-state index in [1.165, 1.54) is 6.20 Å². The molecule has 1 N–H and O–H groups in total. The van der Waals surface area contributed by atoms with Gasteiger partial charge in [0, 0.05) is 24.1 Å². The van der Waals surface area contributed by atoms with Gasteiger partial charge in [-0.1, -0.05) is 6.58 Å². The number of carbonyl (C=O) groups is 2. The Balaban J connectivity index is 1.78. The molecule has 1 aliphatic rings. The van der Waals surface area contributed by atoms with Crippen molar-refractivity contribution < 1.29 is 18.0 Å². The van der Waals surface area contributed by atoms with Crippen LogP contribution in [-0.4, -0.2) is 47.7 Å². The van der Waals surface area contributed by atoms with E-state index in [9.17, 15) is 18.0 Å². The molecule has 2 heterocycles. The predicted molar refractivity (Wildman–Crippen MR) is 95.3 cm³/mol. The Morgan fingerprint density at radius 3 is 2.54 bits per heavy atom. The number of nitrogens with zero attached hydrogens (tertiary/aromatic N) is 3. The molecule has 8 nitrogen and oxygen atoms in total. The van der Waals surface area contributed by atoms with Crippen LogP contribution in [0.4, 0.5) is 5.69 Å². The molecule has 0 bridgehead atoms. The number of benzene rings is 1. The van der Waals surface area contributed by atoms with Crippen LogP contribution in [-0.2, 0) is 27.7 Å². The zero-order valence-electron chi connectivity index (χ0n) is 14.2. The monoisotopic (exact) mass is 374 g/mol. The lowest BCUT2D eigenvalue weighted by Gasteiger charge is -2.28. The van der Waals surface area contributed by atoms with Crippen molar-refractivity contribution in [2.24, 2.45) is 0 Å². The molecular formula is C17H18N4O4S. The molecule has 26 heavy (non-hydrogen) atoms. The summed E-state index contributed by atoms with van der Waals surface area (Å²) in [6, 6.07) is 6.49. The molecule has 1 aliphatic heterocycles. The van der Waals surface area contributed by atoms with Crippen molar-refractivity contribution in [1.29, 1.82) is 0 Å². The van der Waals surface area contributed by atoms with Crippen LogP contribution in [0.5, 0.6) is 0 Å². The first-order chi connectivity index (χ1) is 12.3. The van der Waals surface area contributed by atoms with E-state index in [2.05, 4.69) is 17.0 Å². The number of amides is 2. The van der Waals surface area contributed by atoms with Crippen molar-refractivity contribution in [3.63, 3.8) is 0 Å². The molecule has 0 saturated heterocycles. The molecule has 0 saturated carbocycles. The number of carbonyl (C=O) groups excluding carboxylic acids is 2. The van der Waals surface area contributed by atoms with E-state index in [0.29, 0.717) is 30.0 Å². The number of anilines is 1. The molecule has 9 heteroatoms. The van der Waals surface area contributed by atoms with E-state index in [1.807, 2.05) is 0 Å². The second kappa shape index (κ2) is 6.75. The number of sulfone groups is 1. The molecule has 3 rings (SSSR count). The smallest absolute Gasteiger partial charge is 0.254 e. The second-order valence-electron chi connectivity index (χ2n) is 5.95. The highest BCUT2D eigenvalue weighted by atomic mass is 32.2. The zero-order chi connectivity index (χ0) is 18.9. The van der Waals surface area contributed by atoms with E-state index < -0.39 is 9.84 Å². The topological polar surface area (TPSA) is 101 Å². The summed E-state index contributed by atoms with van der Waals surface area (Å²) < 4.78 is 25.3. The van der Waals surface area contributed by atoms with Gasteiger partial charge in [0.1, 0.15) is 4.90 Å². The molecule has 2 aromatic rings. The maximum atomic E-state index is 12.7. The summed E-state index contributed by atoms with van der Waals surface area (Å²) in [6.07, 6.45) is 3.62. The molecule has 0 spiro atoms. The van der Waals surface area contributed by atoms with Crippen molar-refractivity contribution in [2.45, 2.75) is 18.0 Å². The van der Waals surface area contributed by atoms with Crippen LogP contribution >= 0.6 is 0 Å². The van der Waals surface area contributed by atoms with Crippen LogP contribution in [0, 0.1) is 0 Å². The molecular weight excluding hydrogens is 356 g/mol. The third-order valence-electron chi connectivity index (χ3n) is 4.10. The first-order valence-electron chi connectivity index (χ1n) is 7.87. The SMILES string of the molecule is C=CC(=O)Nc1ccc(C(=O)N2CCn3ncc(S(C)(=O)=O)c3C2)cc1. The zero-order valence-corrected chi connectivity index (χ0v) is 15.0. The molecule has 0 radical (unpaired) electrons. The minimum atomic E-state index is -3.40. The van der Waals surface area contributed by atoms with E-state index >= 15 is 0 Å². The van der Waals surface area contributed by atoms with Crippen LogP contribution in [0.3, 0.4) is 0 Å². The maximum Gasteiger partial charge on any atom is 0.254 e. The number of hydrogen-bond acceptors (Lipinski definition) is 5. The maximum absolute atomic E-state index is 12.7. The summed E-state index contributed by atoms with van der Waals surface area (Å²) in [5.74, 6) is -0.542. The average molecular weight is 374 g/mol. The van der Waals surface area contributed by atoms with Gasteiger partial charge in [0.05, 0.1) is 25.0 Å². The highest BCUT2D eigenvalue weighted by Crippen LogP contribution is 2.22. The predicted octanol–water partition coefficient (Wildman–Crippen LogP) is 1.07. The molecule has 1 aromatic carbocycles. The van der Waals surface area contributed by atoms with Gasteiger partial charge in [0.15, 0.2) is 9.84 Å². The Morgan fingerprint density at radius 2 is 1.92 bits per heavy atom. The summed E-state index contributed by atoms with van der Waals surface area (Å²) in [4.78, 5) is 25.8. The lowest BCUT2D eigenvalue weighted by atomic mass is 10.1. The Bertz CT molecular complexity index is 977. The number of fused-ring (bicyclic) bond motifs is 1. The number of hydrogen-bond donors (Lipinski definition) is 1. The fourth-order valence-corrected chi connectivity index (χ4v) is 3.61. The Kier molecular flexibility index (Phi) is 4.64. The van der Waals surface area contributed by atoms with Crippen molar-refractivity contribution in [1.82, 2.24) is 14.7 Å². The van der Waals surface area contributed by atoms with Crippen molar-refractivity contribution in [2.75, 3.05) is 18.1 Å². The van der Waals surface area contributed by atoms with Crippen LogP contribution in [0.1, 0.15) is 16.1 Å². The molecule has 136 valence electrons. The number of nitrogens with one attached hydrogen (secondary N) is 1. The van der Waals surface area contributed by atoms with Crippen LogP contribution in [0.25, 0.3) is 0 Å². The van der Waals surface area contributed by atoms with Gasteiger partial charge in [-0.05, 0) is 30.3 Å². The van der Waals surface area contributed by atoms with Crippen LogP contribution in [0.2, 0.25) is 0 Å². The van der Waals surface area contributed by atoms with Gasteiger partial charge in [-0.3, -0.25) is 14.3 Å². The first-order valence-corrected chi connectivity index (χ1v) is 9.76. The van der Waals surface area contributed by atoms with Crippen LogP contribution < -0.4 is 5.32 Å². The minimum absolute atomic E-state index is 0.150. The molecule has 0 fully saturated rings. The van der Waals surface area contributed by atoms with Gasteiger partial charge in [0.25, 0.3) is 5.91 Å². The third kappa shape index (κ3) is 3.52. The summed E-state index contributed by atoms with van der Waals surface area (Å²) in [7, 11) is -3.40. The normalized spacial score (nSPS) is 13.8. The fourth-order valence-electron chi connectivity index (χ4n) is 2.78. The Hall–Kier alpha value is -2.94. The summed E-state index contributed by atoms with van der Waals surface area (Å²) in [5.41, 5.74) is 1.53. The van der Waals surface area contributed by atoms with Gasteiger partial charge in [-0.25, -0.2) is 8.42 Å². The third-order valence-corrected chi connectivity index (χ3v) is 5.24. The molecule has 2 amide bonds. The highest BCUT2D eigenvalue weighted by Gasteiger charge is 2.27. The van der Waals surface area contributed by atoms with Crippen molar-refractivity contribution in [3.05, 3.63) is 54.4 Å². The molecule has 0 aliphatic carbocycles. The number of rotatable bonds is 4. The van der Waals surface area contributed by atoms with Gasteiger partial charge in [-0.15, -0.1) is 0 Å². The van der Waals surface area contributed by atoms with E-state index in [1.54, 1.807) is 33.8 Å². The second-order valence-corrected chi connectivity index (χ2v) is 7.93. The summed E-state index contributed by atoms with van der Waals surface area (Å²) in [6.45, 7) is 4.43. The number of aromatic nitrogens is 2. The van der Waals surface area contributed by atoms with Crippen LogP contribution in [0.15, 0.2) is 48.0 Å². The standard InChI is InChI=1S/C17H18N4O4S/c1-3-16(22)19-13-6-4-12(5-7-13)17(23)20-8-9-21-14(11-20)15(10-18-21)26(2,24)25/h3-7,10H,1,8-9,11H2,2H3,(H,19,22). The minimum Gasteiger partial charge on any atom is -0.331 e. The van der Waals surface area contributed by atoms with E-state index in [0.717, 1.165) is 12.3 Å². The lowest BCUT2D eigenvalue weighted by Crippen LogP contribution is -2.38. The van der Waals surface area contributed by atoms with Crippen molar-refractivity contribution >= 4 is 27.3 Å². The van der Waals surface area contributed by atoms with Gasteiger partial charge >= 0.3 is 0 Å². The fraction of sp³-hybridized carbons (Fsp3) is 0.235. The molecule has 0 atom stereocenters. The highest BCUT2D eigenvalue weighted by molar-refractivity contribution is 7.90. The quantitative estimate of drug-likeness (QED) is 0.807. The largest absolute Gasteiger partial charge is 0.331 e. The van der Waals surface area contributed by atoms with Gasteiger partial charge in [-0.2, -0.15) is 5.10 Å². The van der Waals surface area contributed by atoms with Gasteiger partial charge < -0.3 is 10.2 Å². The lowest BCUT2D eigenvalue weighted by molar-refractivity contribution is -0.111. The molecule has 0 unspecified atom stereocenters. The van der Waals surface area contributed by atoms with E-state index in [4.69, 9.17) is 0 Å². The summed E-state index contributed by atoms with van der Waals surface area (Å²) >= 11 is 0. The summed E-state index contributed by atoms with van der Waals surface area (Å²) in [5, 5.41) is 6.70. The van der Waals surface area contributed by atoms with E-state index in [-0.39, 0.29) is 23.3 Å². The molecule has 1 aromatic heterocycles. The average Bonchev–Trinajstić information content (AvgIpc) is 3.05. The van der Waals surface area contributed by atoms with Gasteiger partial charge in [0.2, 0.25) is 5.91 Å². The Morgan fingerprint density at radius 1 is 1.23 bits per heavy atom.